The molecule has 43 heavy (non-hydrogen) atoms. The number of pyridine rings is 1. The fraction of sp³-hybridized carbons (Fsp3) is 0.375. The van der Waals surface area contributed by atoms with E-state index in [0.29, 0.717) is 43.9 Å². The zero-order chi connectivity index (χ0) is 30.3. The van der Waals surface area contributed by atoms with E-state index in [0.717, 1.165) is 56.6 Å². The Balaban J connectivity index is 1.32. The summed E-state index contributed by atoms with van der Waals surface area (Å²) in [6, 6.07) is 12.6. The molecule has 1 saturated heterocycles. The number of benzene rings is 2. The highest BCUT2D eigenvalue weighted by Gasteiger charge is 2.22. The van der Waals surface area contributed by atoms with Gasteiger partial charge in [-0.2, -0.15) is 5.10 Å². The lowest BCUT2D eigenvalue weighted by Crippen LogP contribution is -2.30. The fourth-order valence-corrected chi connectivity index (χ4v) is 5.87. The summed E-state index contributed by atoms with van der Waals surface area (Å²) in [6.07, 6.45) is 4.37. The van der Waals surface area contributed by atoms with Crippen LogP contribution in [0.25, 0.3) is 11.0 Å². The van der Waals surface area contributed by atoms with E-state index in [-0.39, 0.29) is 24.4 Å². The quantitative estimate of drug-likeness (QED) is 0.204. The number of halogens is 1. The van der Waals surface area contributed by atoms with Crippen LogP contribution in [0.1, 0.15) is 64.2 Å². The number of anilines is 1. The number of rotatable bonds is 11. The summed E-state index contributed by atoms with van der Waals surface area (Å²) in [5.74, 6) is 0.190. The maximum absolute atomic E-state index is 13.4. The minimum atomic E-state index is -0.267. The van der Waals surface area contributed by atoms with E-state index >= 15 is 0 Å². The van der Waals surface area contributed by atoms with Gasteiger partial charge in [0.1, 0.15) is 5.75 Å². The Morgan fingerprint density at radius 3 is 2.42 bits per heavy atom. The largest absolute Gasteiger partial charge is 0.496 e. The molecule has 1 aliphatic rings. The highest BCUT2D eigenvalue weighted by molar-refractivity contribution is 9.10. The van der Waals surface area contributed by atoms with Crippen LogP contribution < -0.4 is 20.7 Å². The fourth-order valence-electron chi connectivity index (χ4n) is 5.28. The van der Waals surface area contributed by atoms with Gasteiger partial charge in [0.25, 0.3) is 11.8 Å². The Labute approximate surface area is 259 Å². The molecule has 2 aromatic carbocycles. The standard InChI is InChI=1S/C32H37BrN6O4/c1-4-27-24(29(37-23-11-13-43-14-12-23)25-19-36-39(5-2)30(25)38-27)18-35-32(41)22-8-6-7-21(16-22)31(40)34-17-20-9-10-28(42-3)26(33)15-20/h6-10,15-16,19,23H,4-5,11-14,17-18H2,1-3H3,(H,34,40)(H,35,41)(H,37,38). The molecule has 3 N–H and O–H groups in total. The van der Waals surface area contributed by atoms with Crippen molar-refractivity contribution in [2.24, 2.45) is 0 Å². The van der Waals surface area contributed by atoms with Crippen LogP contribution in [0.2, 0.25) is 0 Å². The van der Waals surface area contributed by atoms with Crippen LogP contribution in [0.15, 0.2) is 53.1 Å². The molecule has 1 aliphatic heterocycles. The van der Waals surface area contributed by atoms with Crippen molar-refractivity contribution in [2.75, 3.05) is 25.6 Å². The number of nitrogens with one attached hydrogen (secondary N) is 3. The van der Waals surface area contributed by atoms with Gasteiger partial charge in [0.05, 0.1) is 28.9 Å². The Hall–Kier alpha value is -3.96. The minimum Gasteiger partial charge on any atom is -0.496 e. The number of aryl methyl sites for hydroxylation is 2. The van der Waals surface area contributed by atoms with Gasteiger partial charge in [-0.15, -0.1) is 0 Å². The number of amides is 2. The molecule has 226 valence electrons. The number of hydrogen-bond donors (Lipinski definition) is 3. The number of methoxy groups -OCH3 is 1. The Kier molecular flexibility index (Phi) is 9.93. The highest BCUT2D eigenvalue weighted by Crippen LogP contribution is 2.31. The molecule has 0 atom stereocenters. The van der Waals surface area contributed by atoms with Crippen LogP contribution in [0, 0.1) is 0 Å². The summed E-state index contributed by atoms with van der Waals surface area (Å²) < 4.78 is 13.5. The third kappa shape index (κ3) is 7.00. The molecule has 2 amide bonds. The molecule has 4 aromatic rings. The molecular weight excluding hydrogens is 612 g/mol. The Bertz CT molecular complexity index is 1620. The molecule has 3 heterocycles. The van der Waals surface area contributed by atoms with Crippen molar-refractivity contribution < 1.29 is 19.1 Å². The first-order valence-corrected chi connectivity index (χ1v) is 15.4. The van der Waals surface area contributed by atoms with Gasteiger partial charge in [-0.25, -0.2) is 9.67 Å². The van der Waals surface area contributed by atoms with Crippen LogP contribution in [-0.4, -0.2) is 52.9 Å². The average molecular weight is 650 g/mol. The monoisotopic (exact) mass is 648 g/mol. The van der Waals surface area contributed by atoms with Gasteiger partial charge in [-0.05, 0) is 78.0 Å². The molecule has 0 spiro atoms. The van der Waals surface area contributed by atoms with E-state index in [2.05, 4.69) is 43.9 Å². The van der Waals surface area contributed by atoms with Gasteiger partial charge in [0.15, 0.2) is 5.65 Å². The molecule has 1 fully saturated rings. The second-order valence-electron chi connectivity index (χ2n) is 10.4. The van der Waals surface area contributed by atoms with E-state index in [1.165, 1.54) is 0 Å². The van der Waals surface area contributed by atoms with Crippen LogP contribution in [-0.2, 0) is 30.8 Å². The lowest BCUT2D eigenvalue weighted by Gasteiger charge is -2.26. The predicted octanol–water partition coefficient (Wildman–Crippen LogP) is 5.24. The van der Waals surface area contributed by atoms with Crippen molar-refractivity contribution in [2.45, 2.75) is 58.8 Å². The normalized spacial score (nSPS) is 13.6. The van der Waals surface area contributed by atoms with Crippen LogP contribution in [0.5, 0.6) is 5.75 Å². The van der Waals surface area contributed by atoms with Gasteiger partial charge < -0.3 is 25.4 Å². The van der Waals surface area contributed by atoms with Crippen molar-refractivity contribution >= 4 is 44.5 Å². The number of nitrogens with zero attached hydrogens (tertiary/aromatic N) is 3. The summed E-state index contributed by atoms with van der Waals surface area (Å²) in [6.45, 7) is 6.89. The van der Waals surface area contributed by atoms with Crippen molar-refractivity contribution in [3.8, 4) is 5.75 Å². The molecule has 0 saturated carbocycles. The van der Waals surface area contributed by atoms with Crippen molar-refractivity contribution in [1.29, 1.82) is 0 Å². The van der Waals surface area contributed by atoms with Crippen LogP contribution in [0.3, 0.4) is 0 Å². The SMILES string of the molecule is CCc1nc2c(cnn2CC)c(NC2CCOCC2)c1CNC(=O)c1cccc(C(=O)NCc2ccc(OC)c(Br)c2)c1. The summed E-state index contributed by atoms with van der Waals surface area (Å²) in [7, 11) is 1.61. The van der Waals surface area contributed by atoms with E-state index in [1.54, 1.807) is 31.4 Å². The van der Waals surface area contributed by atoms with E-state index in [9.17, 15) is 9.59 Å². The Morgan fingerprint density at radius 2 is 1.77 bits per heavy atom. The van der Waals surface area contributed by atoms with Gasteiger partial charge in [0, 0.05) is 61.3 Å². The smallest absolute Gasteiger partial charge is 0.251 e. The van der Waals surface area contributed by atoms with Crippen LogP contribution >= 0.6 is 15.9 Å². The first kappa shape index (κ1) is 30.5. The number of carbonyl (C=O) groups excluding carboxylic acids is 2. The maximum atomic E-state index is 13.4. The molecule has 2 aromatic heterocycles. The first-order valence-electron chi connectivity index (χ1n) is 14.6. The highest BCUT2D eigenvalue weighted by atomic mass is 79.9. The van der Waals surface area contributed by atoms with E-state index in [1.807, 2.05) is 36.0 Å². The number of aromatic nitrogens is 3. The molecule has 5 rings (SSSR count). The van der Waals surface area contributed by atoms with Crippen molar-refractivity contribution in [3.63, 3.8) is 0 Å². The lowest BCUT2D eigenvalue weighted by molar-refractivity contribution is 0.0904. The minimum absolute atomic E-state index is 0.262. The molecule has 11 heteroatoms. The average Bonchev–Trinajstić information content (AvgIpc) is 3.46. The molecule has 0 bridgehead atoms. The zero-order valence-corrected chi connectivity index (χ0v) is 26.3. The lowest BCUT2D eigenvalue weighted by atomic mass is 10.0. The topological polar surface area (TPSA) is 119 Å². The maximum Gasteiger partial charge on any atom is 0.251 e. The number of hydrogen-bond acceptors (Lipinski definition) is 7. The van der Waals surface area contributed by atoms with Crippen LogP contribution in [0.4, 0.5) is 5.69 Å². The summed E-state index contributed by atoms with van der Waals surface area (Å²) in [5.41, 5.74) is 5.40. The third-order valence-electron chi connectivity index (χ3n) is 7.66. The summed E-state index contributed by atoms with van der Waals surface area (Å²) in [4.78, 5) is 31.2. The third-order valence-corrected chi connectivity index (χ3v) is 8.28. The zero-order valence-electron chi connectivity index (χ0n) is 24.7. The van der Waals surface area contributed by atoms with Gasteiger partial charge in [-0.1, -0.05) is 19.1 Å². The number of ether oxygens (including phenoxy) is 2. The molecule has 0 unspecified atom stereocenters. The second-order valence-corrected chi connectivity index (χ2v) is 11.3. The van der Waals surface area contributed by atoms with E-state index in [4.69, 9.17) is 14.5 Å². The summed E-state index contributed by atoms with van der Waals surface area (Å²) in [5, 5.41) is 15.2. The molecule has 10 nitrogen and oxygen atoms in total. The van der Waals surface area contributed by atoms with Gasteiger partial charge >= 0.3 is 0 Å². The van der Waals surface area contributed by atoms with Crippen molar-refractivity contribution in [3.05, 3.63) is 81.1 Å². The number of carbonyl (C=O) groups is 2. The molecular formula is C32H37BrN6O4. The van der Waals surface area contributed by atoms with Gasteiger partial charge in [0.2, 0.25) is 0 Å². The van der Waals surface area contributed by atoms with Gasteiger partial charge in [-0.3, -0.25) is 9.59 Å². The second kappa shape index (κ2) is 14.0. The molecule has 0 aliphatic carbocycles. The first-order chi connectivity index (χ1) is 20.9. The number of fused-ring (bicyclic) bond motifs is 1. The molecule has 0 radical (unpaired) electrons. The van der Waals surface area contributed by atoms with E-state index < -0.39 is 0 Å². The van der Waals surface area contributed by atoms with Crippen molar-refractivity contribution in [1.82, 2.24) is 25.4 Å². The predicted molar refractivity (Wildman–Crippen MR) is 170 cm³/mol. The Morgan fingerprint density at radius 1 is 1.05 bits per heavy atom. The summed E-state index contributed by atoms with van der Waals surface area (Å²) >= 11 is 3.47.